The summed E-state index contributed by atoms with van der Waals surface area (Å²) in [5.74, 6) is 2.50. The lowest BCUT2D eigenvalue weighted by atomic mass is 10.1. The molecule has 2 aromatic heterocycles. The van der Waals surface area contributed by atoms with Crippen LogP contribution in [-0.4, -0.2) is 45.5 Å². The highest BCUT2D eigenvalue weighted by Gasteiger charge is 2.22. The number of aryl methyl sites for hydroxylation is 1. The van der Waals surface area contributed by atoms with E-state index < -0.39 is 0 Å². The lowest BCUT2D eigenvalue weighted by molar-refractivity contribution is 0.177. The van der Waals surface area contributed by atoms with Crippen LogP contribution in [0.1, 0.15) is 29.2 Å². The standard InChI is InChI=1S/C23H29N7O2/c1-24-23(26-19-10-11-21-27-20(16-32-2)28-30(21)15-19)25-13-17-6-8-18(9-7-17)14-29-12-4-3-5-22(29)31/h3-9,12,19H,10-11,13-16H2,1-2H3,(H2,24,25,26). The Morgan fingerprint density at radius 1 is 1.22 bits per heavy atom. The van der Waals surface area contributed by atoms with E-state index in [4.69, 9.17) is 4.74 Å². The summed E-state index contributed by atoms with van der Waals surface area (Å²) in [6.07, 6.45) is 3.65. The van der Waals surface area contributed by atoms with E-state index in [1.807, 2.05) is 10.7 Å². The van der Waals surface area contributed by atoms with Crippen molar-refractivity contribution >= 4 is 5.96 Å². The van der Waals surface area contributed by atoms with Crippen molar-refractivity contribution in [2.75, 3.05) is 14.2 Å². The number of pyridine rings is 1. The van der Waals surface area contributed by atoms with Gasteiger partial charge in [-0.1, -0.05) is 30.3 Å². The number of nitrogens with zero attached hydrogens (tertiary/aromatic N) is 5. The molecule has 4 rings (SSSR count). The minimum atomic E-state index is 0.00349. The molecule has 9 nitrogen and oxygen atoms in total. The molecule has 3 aromatic rings. The molecule has 0 saturated carbocycles. The Morgan fingerprint density at radius 2 is 2.03 bits per heavy atom. The Hall–Kier alpha value is -3.46. The lowest BCUT2D eigenvalue weighted by Crippen LogP contribution is -2.46. The number of methoxy groups -OCH3 is 1. The number of fused-ring (bicyclic) bond motifs is 1. The summed E-state index contributed by atoms with van der Waals surface area (Å²) in [5.41, 5.74) is 2.23. The second-order valence-corrected chi connectivity index (χ2v) is 7.85. The Bertz CT molecular complexity index is 1120. The van der Waals surface area contributed by atoms with Crippen LogP contribution < -0.4 is 16.2 Å². The van der Waals surface area contributed by atoms with E-state index in [1.54, 1.807) is 37.1 Å². The molecule has 1 atom stereocenters. The topological polar surface area (TPSA) is 98.4 Å². The molecule has 2 N–H and O–H groups in total. The van der Waals surface area contributed by atoms with Crippen LogP contribution in [0, 0.1) is 0 Å². The summed E-state index contributed by atoms with van der Waals surface area (Å²) < 4.78 is 8.79. The van der Waals surface area contributed by atoms with Gasteiger partial charge in [0.1, 0.15) is 12.4 Å². The second-order valence-electron chi connectivity index (χ2n) is 7.85. The molecular formula is C23H29N7O2. The number of ether oxygens (including phenoxy) is 1. The van der Waals surface area contributed by atoms with E-state index >= 15 is 0 Å². The van der Waals surface area contributed by atoms with Crippen molar-refractivity contribution < 1.29 is 4.74 Å². The van der Waals surface area contributed by atoms with Crippen LogP contribution in [0.3, 0.4) is 0 Å². The molecule has 1 unspecified atom stereocenters. The van der Waals surface area contributed by atoms with Gasteiger partial charge in [0.25, 0.3) is 5.56 Å². The molecule has 0 radical (unpaired) electrons. The predicted octanol–water partition coefficient (Wildman–Crippen LogP) is 1.31. The largest absolute Gasteiger partial charge is 0.377 e. The molecule has 1 aliphatic heterocycles. The van der Waals surface area contributed by atoms with Gasteiger partial charge in [-0.15, -0.1) is 0 Å². The average Bonchev–Trinajstić information content (AvgIpc) is 3.21. The maximum absolute atomic E-state index is 11.9. The van der Waals surface area contributed by atoms with Crippen molar-refractivity contribution in [3.05, 3.63) is 81.8 Å². The zero-order valence-corrected chi connectivity index (χ0v) is 18.5. The van der Waals surface area contributed by atoms with Gasteiger partial charge in [0.05, 0.1) is 13.1 Å². The van der Waals surface area contributed by atoms with E-state index in [2.05, 4.69) is 50.0 Å². The van der Waals surface area contributed by atoms with Crippen molar-refractivity contribution in [1.82, 2.24) is 30.0 Å². The van der Waals surface area contributed by atoms with E-state index in [0.717, 1.165) is 48.1 Å². The van der Waals surface area contributed by atoms with E-state index in [9.17, 15) is 4.79 Å². The Kier molecular flexibility index (Phi) is 6.96. The molecule has 0 saturated heterocycles. The fraction of sp³-hybridized carbons (Fsp3) is 0.391. The molecule has 1 aliphatic rings. The quantitative estimate of drug-likeness (QED) is 0.429. The van der Waals surface area contributed by atoms with Gasteiger partial charge in [-0.05, 0) is 23.6 Å². The van der Waals surface area contributed by atoms with Gasteiger partial charge in [-0.3, -0.25) is 9.79 Å². The third-order valence-corrected chi connectivity index (χ3v) is 5.47. The summed E-state index contributed by atoms with van der Waals surface area (Å²) in [6, 6.07) is 13.7. The first-order chi connectivity index (χ1) is 15.6. The zero-order chi connectivity index (χ0) is 22.3. The van der Waals surface area contributed by atoms with E-state index in [-0.39, 0.29) is 11.6 Å². The van der Waals surface area contributed by atoms with Gasteiger partial charge in [-0.25, -0.2) is 9.67 Å². The molecule has 3 heterocycles. The average molecular weight is 436 g/mol. The molecule has 9 heteroatoms. The van der Waals surface area contributed by atoms with E-state index in [0.29, 0.717) is 19.7 Å². The molecule has 1 aromatic carbocycles. The van der Waals surface area contributed by atoms with Crippen LogP contribution >= 0.6 is 0 Å². The maximum atomic E-state index is 11.9. The zero-order valence-electron chi connectivity index (χ0n) is 18.5. The molecular weight excluding hydrogens is 406 g/mol. The second kappa shape index (κ2) is 10.2. The number of hydrogen-bond acceptors (Lipinski definition) is 5. The van der Waals surface area contributed by atoms with Crippen LogP contribution in [0.5, 0.6) is 0 Å². The van der Waals surface area contributed by atoms with Crippen LogP contribution in [-0.2, 0) is 37.4 Å². The van der Waals surface area contributed by atoms with Gasteiger partial charge < -0.3 is 19.9 Å². The highest BCUT2D eigenvalue weighted by molar-refractivity contribution is 5.79. The Morgan fingerprint density at radius 3 is 2.78 bits per heavy atom. The number of rotatable bonds is 7. The molecule has 32 heavy (non-hydrogen) atoms. The normalized spacial score (nSPS) is 15.9. The monoisotopic (exact) mass is 435 g/mol. The van der Waals surface area contributed by atoms with E-state index in [1.165, 1.54) is 0 Å². The summed E-state index contributed by atoms with van der Waals surface area (Å²) >= 11 is 0. The number of hydrogen-bond donors (Lipinski definition) is 2. The highest BCUT2D eigenvalue weighted by atomic mass is 16.5. The predicted molar refractivity (Wildman–Crippen MR) is 122 cm³/mol. The SMILES string of the molecule is CN=C(NCc1ccc(Cn2ccccc2=O)cc1)NC1CCc2nc(COC)nn2C1. The third kappa shape index (κ3) is 5.42. The first-order valence-corrected chi connectivity index (χ1v) is 10.8. The number of nitrogens with one attached hydrogen (secondary N) is 2. The highest BCUT2D eigenvalue weighted by Crippen LogP contribution is 2.13. The van der Waals surface area contributed by atoms with Crippen molar-refractivity contribution in [2.45, 2.75) is 45.1 Å². The number of benzene rings is 1. The van der Waals surface area contributed by atoms with Crippen LogP contribution in [0.25, 0.3) is 0 Å². The first-order valence-electron chi connectivity index (χ1n) is 10.8. The maximum Gasteiger partial charge on any atom is 0.250 e. The lowest BCUT2D eigenvalue weighted by Gasteiger charge is -2.25. The van der Waals surface area contributed by atoms with Crippen LogP contribution in [0.4, 0.5) is 0 Å². The van der Waals surface area contributed by atoms with Gasteiger partial charge >= 0.3 is 0 Å². The van der Waals surface area contributed by atoms with Gasteiger partial charge in [0.2, 0.25) is 0 Å². The molecule has 0 aliphatic carbocycles. The summed E-state index contributed by atoms with van der Waals surface area (Å²) in [5, 5.41) is 11.4. The molecule has 0 amide bonds. The van der Waals surface area contributed by atoms with Crippen LogP contribution in [0.15, 0.2) is 58.4 Å². The van der Waals surface area contributed by atoms with Gasteiger partial charge in [-0.2, -0.15) is 5.10 Å². The van der Waals surface area contributed by atoms with Crippen molar-refractivity contribution in [1.29, 1.82) is 0 Å². The number of aliphatic imine (C=N–C) groups is 1. The smallest absolute Gasteiger partial charge is 0.250 e. The molecule has 0 fully saturated rings. The Balaban J connectivity index is 1.29. The summed E-state index contributed by atoms with van der Waals surface area (Å²) in [7, 11) is 3.43. The molecule has 0 bridgehead atoms. The van der Waals surface area contributed by atoms with Crippen molar-refractivity contribution in [3.8, 4) is 0 Å². The fourth-order valence-electron chi connectivity index (χ4n) is 3.79. The van der Waals surface area contributed by atoms with Crippen LogP contribution in [0.2, 0.25) is 0 Å². The van der Waals surface area contributed by atoms with Crippen molar-refractivity contribution in [3.63, 3.8) is 0 Å². The molecule has 0 spiro atoms. The molecule has 168 valence electrons. The third-order valence-electron chi connectivity index (χ3n) is 5.47. The first kappa shape index (κ1) is 21.8. The number of guanidine groups is 1. The Labute approximate surface area is 187 Å². The van der Waals surface area contributed by atoms with Crippen molar-refractivity contribution in [2.24, 2.45) is 4.99 Å². The number of aromatic nitrogens is 4. The summed E-state index contributed by atoms with van der Waals surface area (Å²) in [6.45, 7) is 2.40. The minimum Gasteiger partial charge on any atom is -0.377 e. The minimum absolute atomic E-state index is 0.00349. The van der Waals surface area contributed by atoms with Gasteiger partial charge in [0.15, 0.2) is 11.8 Å². The fourth-order valence-corrected chi connectivity index (χ4v) is 3.79. The summed E-state index contributed by atoms with van der Waals surface area (Å²) in [4.78, 5) is 20.8. The van der Waals surface area contributed by atoms with Gasteiger partial charge in [0, 0.05) is 45.4 Å².